The maximum Gasteiger partial charge on any atom is 0.0704 e. The molecule has 0 aromatic heterocycles. The third-order valence-electron chi connectivity index (χ3n) is 16.9. The van der Waals surface area contributed by atoms with Gasteiger partial charge in [0, 0.05) is 22.5 Å². The number of nitrogens with zero attached hydrogens (tertiary/aromatic N) is 1. The third kappa shape index (κ3) is 5.75. The highest BCUT2D eigenvalue weighted by atomic mass is 15.1. The Bertz CT molecular complexity index is 3790. The van der Waals surface area contributed by atoms with Crippen molar-refractivity contribution in [2.45, 2.75) is 43.4 Å². The fourth-order valence-corrected chi connectivity index (χ4v) is 13.9. The van der Waals surface area contributed by atoms with Gasteiger partial charge in [-0.3, -0.25) is 0 Å². The van der Waals surface area contributed by atoms with E-state index in [1.165, 1.54) is 99.8 Å². The SMILES string of the molecule is CC1CC=CC2=C1C1(c3ccccc3-c3ccc(N(c4ccc(-c5cccc6ccccc56)cc4)c4ccc5c(c4)C(C)(C)c4ccccc4-5)cc31)c1ccccc1C2(c1ccccc1)c1ccccc1. The van der Waals surface area contributed by atoms with Crippen LogP contribution in [0.5, 0.6) is 0 Å². The van der Waals surface area contributed by atoms with Crippen LogP contribution in [-0.4, -0.2) is 0 Å². The lowest BCUT2D eigenvalue weighted by molar-refractivity contribution is 0.515. The largest absolute Gasteiger partial charge is 0.310 e. The standard InChI is InChI=1S/C70H53N/c1-46-20-18-35-64-67(46)70(63-34-17-16-33-62(63)69(64,49-23-6-4-7-24-49)50-25-8-5-9-26-50)61-32-15-13-29-57(61)59-43-41-53(45-66(59)70)71(52-40-42-58-56-28-12-14-31-60(56)68(2,3)65(58)44-52)51-38-36-48(37-39-51)55-30-19-22-47-21-10-11-27-54(47)55/h4-19,21-46H,20H2,1-3H3. The summed E-state index contributed by atoms with van der Waals surface area (Å²) in [5.74, 6) is 0.260. The van der Waals surface area contributed by atoms with Gasteiger partial charge in [0.2, 0.25) is 0 Å². The summed E-state index contributed by atoms with van der Waals surface area (Å²) in [7, 11) is 0. The molecule has 4 aliphatic carbocycles. The summed E-state index contributed by atoms with van der Waals surface area (Å²) in [5, 5.41) is 2.51. The van der Waals surface area contributed by atoms with Crippen LogP contribution in [0.15, 0.2) is 260 Å². The average molecular weight is 908 g/mol. The van der Waals surface area contributed by atoms with E-state index in [1.54, 1.807) is 0 Å². The summed E-state index contributed by atoms with van der Waals surface area (Å²) in [6.07, 6.45) is 5.93. The second-order valence-corrected chi connectivity index (χ2v) is 20.7. The van der Waals surface area contributed by atoms with Crippen LogP contribution in [-0.2, 0) is 16.2 Å². The van der Waals surface area contributed by atoms with Gasteiger partial charge in [0.05, 0.1) is 10.8 Å². The van der Waals surface area contributed by atoms with E-state index in [-0.39, 0.29) is 11.3 Å². The van der Waals surface area contributed by atoms with E-state index in [0.717, 1.165) is 23.5 Å². The van der Waals surface area contributed by atoms with E-state index in [9.17, 15) is 0 Å². The molecular formula is C70H53N. The number of allylic oxidation sites excluding steroid dienone is 4. The first-order valence-electron chi connectivity index (χ1n) is 25.4. The molecule has 10 aromatic rings. The lowest BCUT2D eigenvalue weighted by Crippen LogP contribution is -2.47. The summed E-state index contributed by atoms with van der Waals surface area (Å²) in [4.78, 5) is 2.52. The van der Waals surface area contributed by atoms with Crippen molar-refractivity contribution in [2.75, 3.05) is 4.90 Å². The number of fused-ring (bicyclic) bond motifs is 12. The summed E-state index contributed by atoms with van der Waals surface area (Å²) in [6.45, 7) is 7.25. The van der Waals surface area contributed by atoms with Gasteiger partial charge >= 0.3 is 0 Å². The van der Waals surface area contributed by atoms with Gasteiger partial charge in [0.25, 0.3) is 0 Å². The van der Waals surface area contributed by atoms with Crippen molar-refractivity contribution in [2.24, 2.45) is 5.92 Å². The Morgan fingerprint density at radius 3 is 1.58 bits per heavy atom. The predicted molar refractivity (Wildman–Crippen MR) is 296 cm³/mol. The topological polar surface area (TPSA) is 3.24 Å². The van der Waals surface area contributed by atoms with Gasteiger partial charge in [-0.15, -0.1) is 0 Å². The first-order valence-corrected chi connectivity index (χ1v) is 25.4. The molecule has 0 saturated heterocycles. The monoisotopic (exact) mass is 907 g/mol. The van der Waals surface area contributed by atoms with Gasteiger partial charge in [-0.05, 0) is 149 Å². The number of hydrogen-bond acceptors (Lipinski definition) is 1. The van der Waals surface area contributed by atoms with Crippen LogP contribution in [0, 0.1) is 5.92 Å². The van der Waals surface area contributed by atoms with Gasteiger partial charge < -0.3 is 4.90 Å². The number of benzene rings is 10. The molecule has 0 fully saturated rings. The molecule has 338 valence electrons. The Morgan fingerprint density at radius 2 is 0.887 bits per heavy atom. The van der Waals surface area contributed by atoms with Crippen molar-refractivity contribution in [1.29, 1.82) is 0 Å². The first kappa shape index (κ1) is 41.7. The molecule has 0 N–H and O–H groups in total. The van der Waals surface area contributed by atoms with Crippen molar-refractivity contribution in [3.63, 3.8) is 0 Å². The average Bonchev–Trinajstić information content (AvgIpc) is 3.84. The molecule has 4 aliphatic rings. The minimum absolute atomic E-state index is 0.154. The van der Waals surface area contributed by atoms with Crippen molar-refractivity contribution in [1.82, 2.24) is 0 Å². The second-order valence-electron chi connectivity index (χ2n) is 20.7. The molecule has 0 aliphatic heterocycles. The van der Waals surface area contributed by atoms with Gasteiger partial charge in [0.15, 0.2) is 0 Å². The van der Waals surface area contributed by atoms with Crippen molar-refractivity contribution < 1.29 is 0 Å². The fourth-order valence-electron chi connectivity index (χ4n) is 13.9. The summed E-state index contributed by atoms with van der Waals surface area (Å²) in [6, 6.07) is 89.6. The maximum absolute atomic E-state index is 2.57. The minimum atomic E-state index is -0.559. The Labute approximate surface area is 417 Å². The van der Waals surface area contributed by atoms with E-state index in [4.69, 9.17) is 0 Å². The maximum atomic E-state index is 2.57. The molecule has 10 aromatic carbocycles. The van der Waals surface area contributed by atoms with Gasteiger partial charge in [-0.1, -0.05) is 233 Å². The highest BCUT2D eigenvalue weighted by Gasteiger charge is 2.58. The molecule has 14 rings (SSSR count). The molecule has 1 nitrogen and oxygen atoms in total. The Balaban J connectivity index is 1.04. The third-order valence-corrected chi connectivity index (χ3v) is 16.9. The zero-order chi connectivity index (χ0) is 47.5. The van der Waals surface area contributed by atoms with Crippen LogP contribution in [0.4, 0.5) is 17.1 Å². The van der Waals surface area contributed by atoms with Crippen molar-refractivity contribution in [3.8, 4) is 33.4 Å². The molecule has 0 heterocycles. The molecule has 0 saturated carbocycles. The van der Waals surface area contributed by atoms with Crippen LogP contribution in [0.2, 0.25) is 0 Å². The van der Waals surface area contributed by atoms with Crippen molar-refractivity contribution >= 4 is 27.8 Å². The summed E-state index contributed by atoms with van der Waals surface area (Å²) in [5.41, 5.74) is 23.5. The lowest BCUT2D eigenvalue weighted by atomic mass is 9.49. The number of anilines is 3. The molecule has 2 atom stereocenters. The molecule has 71 heavy (non-hydrogen) atoms. The van der Waals surface area contributed by atoms with Crippen LogP contribution in [0.25, 0.3) is 44.2 Å². The van der Waals surface area contributed by atoms with Gasteiger partial charge in [0.1, 0.15) is 0 Å². The van der Waals surface area contributed by atoms with Crippen LogP contribution >= 0.6 is 0 Å². The highest BCUT2D eigenvalue weighted by Crippen LogP contribution is 2.67. The molecule has 1 spiro atoms. The number of rotatable bonds is 6. The lowest BCUT2D eigenvalue weighted by Gasteiger charge is -2.53. The van der Waals surface area contributed by atoms with Gasteiger partial charge in [-0.25, -0.2) is 0 Å². The van der Waals surface area contributed by atoms with Crippen LogP contribution in [0.3, 0.4) is 0 Å². The van der Waals surface area contributed by atoms with E-state index in [1.807, 2.05) is 0 Å². The normalized spacial score (nSPS) is 18.3. The molecule has 0 amide bonds. The zero-order valence-corrected chi connectivity index (χ0v) is 40.4. The summed E-state index contributed by atoms with van der Waals surface area (Å²) < 4.78 is 0. The zero-order valence-electron chi connectivity index (χ0n) is 40.4. The van der Waals surface area contributed by atoms with E-state index in [2.05, 4.69) is 274 Å². The van der Waals surface area contributed by atoms with Gasteiger partial charge in [-0.2, -0.15) is 0 Å². The molecular weight excluding hydrogens is 855 g/mol. The Hall–Kier alpha value is -8.26. The predicted octanol–water partition coefficient (Wildman–Crippen LogP) is 17.8. The summed E-state index contributed by atoms with van der Waals surface area (Å²) >= 11 is 0. The Morgan fingerprint density at radius 1 is 0.394 bits per heavy atom. The minimum Gasteiger partial charge on any atom is -0.310 e. The highest BCUT2D eigenvalue weighted by molar-refractivity contribution is 5.98. The Kier molecular flexibility index (Phi) is 9.17. The van der Waals surface area contributed by atoms with E-state index >= 15 is 0 Å². The quantitative estimate of drug-likeness (QED) is 0.161. The van der Waals surface area contributed by atoms with Crippen LogP contribution in [0.1, 0.15) is 71.7 Å². The van der Waals surface area contributed by atoms with Crippen molar-refractivity contribution in [3.05, 3.63) is 304 Å². The number of hydrogen-bond donors (Lipinski definition) is 0. The molecule has 2 unspecified atom stereocenters. The fraction of sp³-hybridized carbons (Fsp3) is 0.114. The molecule has 0 radical (unpaired) electrons. The van der Waals surface area contributed by atoms with Crippen LogP contribution < -0.4 is 4.90 Å². The van der Waals surface area contributed by atoms with E-state index < -0.39 is 10.8 Å². The van der Waals surface area contributed by atoms with E-state index in [0.29, 0.717) is 0 Å². The molecule has 0 bridgehead atoms. The second kappa shape index (κ2) is 15.6. The first-order chi connectivity index (χ1) is 34.9. The smallest absolute Gasteiger partial charge is 0.0704 e. The molecule has 1 heteroatoms.